The van der Waals surface area contributed by atoms with Crippen LogP contribution in [0.3, 0.4) is 0 Å². The van der Waals surface area contributed by atoms with E-state index >= 15 is 0 Å². The van der Waals surface area contributed by atoms with E-state index in [0.29, 0.717) is 6.42 Å². The number of rotatable bonds is 6. The van der Waals surface area contributed by atoms with Crippen LogP contribution < -0.4 is 0 Å². The van der Waals surface area contributed by atoms with E-state index < -0.39 is 11.6 Å². The lowest BCUT2D eigenvalue weighted by atomic mass is 9.76. The molecule has 1 atom stereocenters. The lowest BCUT2D eigenvalue weighted by Crippen LogP contribution is -2.39. The Kier molecular flexibility index (Phi) is 5.09. The Morgan fingerprint density at radius 1 is 0.786 bits per heavy atom. The van der Waals surface area contributed by atoms with E-state index in [4.69, 9.17) is 0 Å². The van der Waals surface area contributed by atoms with Crippen molar-refractivity contribution in [1.29, 1.82) is 0 Å². The third kappa shape index (κ3) is 3.14. The zero-order chi connectivity index (χ0) is 19.4. The van der Waals surface area contributed by atoms with Gasteiger partial charge in [-0.2, -0.15) is 0 Å². The van der Waals surface area contributed by atoms with Gasteiger partial charge in [-0.05, 0) is 23.6 Å². The largest absolute Gasteiger partial charge is 0.393 e. The number of hydrogen-bond donors (Lipinski definition) is 1. The van der Waals surface area contributed by atoms with E-state index in [1.54, 1.807) is 6.92 Å². The highest BCUT2D eigenvalue weighted by Gasteiger charge is 2.39. The summed E-state index contributed by atoms with van der Waals surface area (Å²) in [6.45, 7) is 1.80. The second-order valence-electron chi connectivity index (χ2n) is 7.08. The summed E-state index contributed by atoms with van der Waals surface area (Å²) in [4.78, 5) is 4.60. The molecule has 0 fully saturated rings. The predicted octanol–water partition coefficient (Wildman–Crippen LogP) is 4.65. The van der Waals surface area contributed by atoms with Crippen LogP contribution in [0, 0.1) is 0 Å². The molecule has 0 aliphatic carbocycles. The molecule has 3 aromatic carbocycles. The number of nitrogens with zero attached hydrogens (tertiary/aromatic N) is 2. The van der Waals surface area contributed by atoms with Crippen molar-refractivity contribution in [2.24, 2.45) is 0 Å². The SMILES string of the molecule is CC(O)Cc1nccn1C(c1ccccc1)(c1ccccc1)c1ccccc1. The van der Waals surface area contributed by atoms with Gasteiger partial charge in [-0.25, -0.2) is 4.98 Å². The fourth-order valence-electron chi connectivity index (χ4n) is 4.01. The maximum absolute atomic E-state index is 10.1. The van der Waals surface area contributed by atoms with Crippen LogP contribution in [0.2, 0.25) is 0 Å². The van der Waals surface area contributed by atoms with Crippen molar-refractivity contribution in [3.8, 4) is 0 Å². The molecule has 140 valence electrons. The van der Waals surface area contributed by atoms with E-state index in [2.05, 4.69) is 82.3 Å². The first-order chi connectivity index (χ1) is 13.7. The molecule has 0 spiro atoms. The summed E-state index contributed by atoms with van der Waals surface area (Å²) in [5.74, 6) is 0.853. The van der Waals surface area contributed by atoms with Gasteiger partial charge in [0.05, 0.1) is 6.10 Å². The van der Waals surface area contributed by atoms with E-state index in [1.807, 2.05) is 30.6 Å². The quantitative estimate of drug-likeness (QED) is 0.503. The first kappa shape index (κ1) is 18.2. The van der Waals surface area contributed by atoms with Gasteiger partial charge in [0, 0.05) is 18.8 Å². The zero-order valence-corrected chi connectivity index (χ0v) is 15.9. The lowest BCUT2D eigenvalue weighted by Gasteiger charge is -2.38. The van der Waals surface area contributed by atoms with Crippen molar-refractivity contribution in [3.63, 3.8) is 0 Å². The molecule has 0 radical (unpaired) electrons. The van der Waals surface area contributed by atoms with Crippen LogP contribution in [-0.2, 0) is 12.0 Å². The van der Waals surface area contributed by atoms with Crippen molar-refractivity contribution < 1.29 is 5.11 Å². The Bertz CT molecular complexity index is 911. The molecule has 1 N–H and O–H groups in total. The van der Waals surface area contributed by atoms with Crippen molar-refractivity contribution in [3.05, 3.63) is 126 Å². The summed E-state index contributed by atoms with van der Waals surface area (Å²) < 4.78 is 2.21. The molecule has 0 saturated carbocycles. The van der Waals surface area contributed by atoms with E-state index in [-0.39, 0.29) is 0 Å². The molecule has 28 heavy (non-hydrogen) atoms. The molecule has 4 aromatic rings. The molecule has 1 aromatic heterocycles. The summed E-state index contributed by atoms with van der Waals surface area (Å²) in [7, 11) is 0. The van der Waals surface area contributed by atoms with Crippen LogP contribution in [0.15, 0.2) is 103 Å². The fourth-order valence-corrected chi connectivity index (χ4v) is 4.01. The first-order valence-corrected chi connectivity index (χ1v) is 9.60. The highest BCUT2D eigenvalue weighted by Crippen LogP contribution is 2.41. The van der Waals surface area contributed by atoms with Crippen molar-refractivity contribution >= 4 is 0 Å². The topological polar surface area (TPSA) is 38.1 Å². The average Bonchev–Trinajstić information content (AvgIpc) is 3.19. The van der Waals surface area contributed by atoms with Crippen LogP contribution >= 0.6 is 0 Å². The van der Waals surface area contributed by atoms with Gasteiger partial charge >= 0.3 is 0 Å². The highest BCUT2D eigenvalue weighted by molar-refractivity contribution is 5.51. The van der Waals surface area contributed by atoms with Crippen LogP contribution in [0.5, 0.6) is 0 Å². The molecular formula is C25H24N2O. The van der Waals surface area contributed by atoms with Crippen molar-refractivity contribution in [2.75, 3.05) is 0 Å². The van der Waals surface area contributed by atoms with Crippen LogP contribution in [-0.4, -0.2) is 20.8 Å². The van der Waals surface area contributed by atoms with E-state index in [9.17, 15) is 5.11 Å². The van der Waals surface area contributed by atoms with Crippen LogP contribution in [0.4, 0.5) is 0 Å². The van der Waals surface area contributed by atoms with Gasteiger partial charge in [-0.3, -0.25) is 0 Å². The highest BCUT2D eigenvalue weighted by atomic mass is 16.3. The summed E-state index contributed by atoms with van der Waals surface area (Å²) in [5.41, 5.74) is 2.87. The molecule has 0 bridgehead atoms. The summed E-state index contributed by atoms with van der Waals surface area (Å²) in [6, 6.07) is 31.5. The number of benzene rings is 3. The van der Waals surface area contributed by atoms with E-state index in [0.717, 1.165) is 22.5 Å². The molecule has 3 heteroatoms. The van der Waals surface area contributed by atoms with Gasteiger partial charge in [0.15, 0.2) is 0 Å². The van der Waals surface area contributed by atoms with Crippen LogP contribution in [0.1, 0.15) is 29.4 Å². The first-order valence-electron chi connectivity index (χ1n) is 9.60. The Balaban J connectivity index is 2.10. The molecule has 1 heterocycles. The van der Waals surface area contributed by atoms with Gasteiger partial charge < -0.3 is 9.67 Å². The minimum atomic E-state index is -0.579. The van der Waals surface area contributed by atoms with Gasteiger partial charge in [0.2, 0.25) is 0 Å². The lowest BCUT2D eigenvalue weighted by molar-refractivity contribution is 0.190. The molecule has 0 saturated heterocycles. The summed E-state index contributed by atoms with van der Waals surface area (Å²) in [5, 5.41) is 10.1. The second-order valence-corrected chi connectivity index (χ2v) is 7.08. The zero-order valence-electron chi connectivity index (χ0n) is 15.9. The van der Waals surface area contributed by atoms with E-state index in [1.165, 1.54) is 0 Å². The minimum absolute atomic E-state index is 0.471. The third-order valence-corrected chi connectivity index (χ3v) is 5.13. The molecule has 1 unspecified atom stereocenters. The van der Waals surface area contributed by atoms with Crippen molar-refractivity contribution in [2.45, 2.75) is 25.0 Å². The second kappa shape index (κ2) is 7.83. The number of imidazole rings is 1. The van der Waals surface area contributed by atoms with Gasteiger partial charge in [-0.1, -0.05) is 91.0 Å². The molecule has 0 aliphatic rings. The molecular weight excluding hydrogens is 344 g/mol. The Morgan fingerprint density at radius 2 is 1.21 bits per heavy atom. The average molecular weight is 368 g/mol. The Hall–Kier alpha value is -3.17. The maximum Gasteiger partial charge on any atom is 0.121 e. The van der Waals surface area contributed by atoms with Crippen LogP contribution in [0.25, 0.3) is 0 Å². The van der Waals surface area contributed by atoms with Gasteiger partial charge in [0.1, 0.15) is 11.4 Å². The smallest absolute Gasteiger partial charge is 0.121 e. The molecule has 4 rings (SSSR count). The maximum atomic E-state index is 10.1. The minimum Gasteiger partial charge on any atom is -0.393 e. The number of hydrogen-bond acceptors (Lipinski definition) is 2. The van der Waals surface area contributed by atoms with Gasteiger partial charge in [0.25, 0.3) is 0 Å². The summed E-state index contributed by atoms with van der Waals surface area (Å²) >= 11 is 0. The third-order valence-electron chi connectivity index (χ3n) is 5.13. The molecule has 0 amide bonds. The number of aliphatic hydroxyl groups is 1. The monoisotopic (exact) mass is 368 g/mol. The number of aromatic nitrogens is 2. The predicted molar refractivity (Wildman–Crippen MR) is 112 cm³/mol. The molecule has 3 nitrogen and oxygen atoms in total. The van der Waals surface area contributed by atoms with Crippen molar-refractivity contribution in [1.82, 2.24) is 9.55 Å². The summed E-state index contributed by atoms with van der Waals surface area (Å²) in [6.07, 6.45) is 3.86. The van der Waals surface area contributed by atoms with Gasteiger partial charge in [-0.15, -0.1) is 0 Å². The Morgan fingerprint density at radius 3 is 1.61 bits per heavy atom. The fraction of sp³-hybridized carbons (Fsp3) is 0.160. The molecule has 0 aliphatic heterocycles. The normalized spacial score (nSPS) is 12.6. The Labute approximate surface area is 165 Å². The number of aliphatic hydroxyl groups excluding tert-OH is 1. The standard InChI is InChI=1S/C25H24N2O/c1-20(28)19-24-26-17-18-27(24)25(21-11-5-2-6-12-21,22-13-7-3-8-14-22)23-15-9-4-10-16-23/h2-18,20,28H,19H2,1H3.